The molecule has 1 aromatic carbocycles. The minimum atomic E-state index is -1.31. The number of ether oxygens (including phenoxy) is 1. The molecule has 0 radical (unpaired) electrons. The third-order valence-electron chi connectivity index (χ3n) is 3.94. The van der Waals surface area contributed by atoms with Gasteiger partial charge in [-0.3, -0.25) is 13.8 Å². The van der Waals surface area contributed by atoms with E-state index in [1.165, 1.54) is 11.3 Å². The quantitative estimate of drug-likeness (QED) is 0.573. The van der Waals surface area contributed by atoms with E-state index in [9.17, 15) is 13.8 Å². The number of esters is 1. The number of carbonyl (C=O) groups is 1. The van der Waals surface area contributed by atoms with E-state index >= 15 is 0 Å². The van der Waals surface area contributed by atoms with E-state index in [1.807, 2.05) is 32.9 Å². The highest BCUT2D eigenvalue weighted by molar-refractivity contribution is 7.84. The van der Waals surface area contributed by atoms with Crippen molar-refractivity contribution in [1.82, 2.24) is 9.97 Å². The van der Waals surface area contributed by atoms with E-state index in [2.05, 4.69) is 9.97 Å². The van der Waals surface area contributed by atoms with Crippen LogP contribution < -0.4 is 5.56 Å². The van der Waals surface area contributed by atoms with Crippen LogP contribution in [0.2, 0.25) is 0 Å². The van der Waals surface area contributed by atoms with Crippen molar-refractivity contribution in [3.8, 4) is 10.7 Å². The molecule has 0 fully saturated rings. The zero-order chi connectivity index (χ0) is 21.2. The van der Waals surface area contributed by atoms with Crippen LogP contribution in [-0.2, 0) is 26.8 Å². The summed E-state index contributed by atoms with van der Waals surface area (Å²) in [5.74, 6) is -0.302. The van der Waals surface area contributed by atoms with E-state index in [1.54, 1.807) is 30.5 Å². The van der Waals surface area contributed by atoms with Crippen LogP contribution in [0.3, 0.4) is 0 Å². The maximum absolute atomic E-state index is 12.4. The van der Waals surface area contributed by atoms with Crippen LogP contribution >= 0.6 is 11.3 Å². The van der Waals surface area contributed by atoms with Crippen LogP contribution in [0.1, 0.15) is 32.8 Å². The molecule has 6 nitrogen and oxygen atoms in total. The van der Waals surface area contributed by atoms with Crippen molar-refractivity contribution in [2.45, 2.75) is 44.2 Å². The predicted octanol–water partition coefficient (Wildman–Crippen LogP) is 3.73. The smallest absolute Gasteiger partial charge is 0.306 e. The Morgan fingerprint density at radius 3 is 2.59 bits per heavy atom. The van der Waals surface area contributed by atoms with Gasteiger partial charge in [0.1, 0.15) is 21.3 Å². The van der Waals surface area contributed by atoms with Gasteiger partial charge in [0.15, 0.2) is 0 Å². The minimum Gasteiger partial charge on any atom is -0.460 e. The van der Waals surface area contributed by atoms with E-state index in [0.717, 1.165) is 10.3 Å². The summed E-state index contributed by atoms with van der Waals surface area (Å²) in [7, 11) is -1.31. The third-order valence-corrected chi connectivity index (χ3v) is 5.81. The first-order valence-electron chi connectivity index (χ1n) is 9.09. The van der Waals surface area contributed by atoms with Gasteiger partial charge in [0, 0.05) is 17.4 Å². The molecular formula is C21H22N2O4S2. The van der Waals surface area contributed by atoms with Crippen LogP contribution in [0.25, 0.3) is 20.8 Å². The highest BCUT2D eigenvalue weighted by atomic mass is 32.2. The zero-order valence-electron chi connectivity index (χ0n) is 16.7. The molecule has 3 rings (SSSR count). The molecule has 0 bridgehead atoms. The van der Waals surface area contributed by atoms with Crippen molar-refractivity contribution in [2.75, 3.05) is 6.26 Å². The first kappa shape index (κ1) is 21.3. The Balaban J connectivity index is 1.96. The minimum absolute atomic E-state index is 0.192. The van der Waals surface area contributed by atoms with Crippen LogP contribution in [0.4, 0.5) is 0 Å². The molecule has 2 heterocycles. The number of pyridine rings is 1. The molecule has 152 valence electrons. The van der Waals surface area contributed by atoms with E-state index in [-0.39, 0.29) is 17.9 Å². The van der Waals surface area contributed by atoms with Gasteiger partial charge in [0.25, 0.3) is 5.56 Å². The molecule has 0 amide bonds. The Labute approximate surface area is 175 Å². The van der Waals surface area contributed by atoms with Crippen molar-refractivity contribution < 1.29 is 13.7 Å². The molecule has 29 heavy (non-hydrogen) atoms. The topological polar surface area (TPSA) is 86.2 Å². The summed E-state index contributed by atoms with van der Waals surface area (Å²) in [6, 6.07) is 10.8. The average molecular weight is 431 g/mol. The number of nitrogens with zero attached hydrogens (tertiary/aromatic N) is 2. The number of aryl methyl sites for hydroxylation is 1. The standard InChI is InChI=1S/C21H22N2O4S2/c1-21(2,3)27-18(24)10-9-13-11-15(22-17(12-13)29(4)26)20-23-19(25)14-7-5-6-8-16(14)28-20/h5-8,11-12H,9-10H2,1-4H3. The summed E-state index contributed by atoms with van der Waals surface area (Å²) in [4.78, 5) is 33.0. The van der Waals surface area contributed by atoms with Gasteiger partial charge in [-0.1, -0.05) is 12.1 Å². The molecule has 0 aliphatic rings. The van der Waals surface area contributed by atoms with Crippen molar-refractivity contribution in [2.24, 2.45) is 0 Å². The Kier molecular flexibility index (Phi) is 6.24. The Hall–Kier alpha value is -2.45. The number of hydrogen-bond donors (Lipinski definition) is 0. The maximum Gasteiger partial charge on any atom is 0.306 e. The number of hydrogen-bond acceptors (Lipinski definition) is 7. The number of rotatable bonds is 5. The second kappa shape index (κ2) is 8.51. The molecule has 0 spiro atoms. The van der Waals surface area contributed by atoms with E-state index in [0.29, 0.717) is 27.5 Å². The van der Waals surface area contributed by atoms with Gasteiger partial charge >= 0.3 is 5.97 Å². The van der Waals surface area contributed by atoms with Gasteiger partial charge < -0.3 is 4.74 Å². The highest BCUT2D eigenvalue weighted by Gasteiger charge is 2.17. The van der Waals surface area contributed by atoms with Gasteiger partial charge in [0.05, 0.1) is 16.2 Å². The van der Waals surface area contributed by atoms with Crippen molar-refractivity contribution in [1.29, 1.82) is 0 Å². The lowest BCUT2D eigenvalue weighted by Gasteiger charge is -2.19. The summed E-state index contributed by atoms with van der Waals surface area (Å²) in [6.45, 7) is 5.46. The van der Waals surface area contributed by atoms with Crippen LogP contribution in [0, 0.1) is 0 Å². The lowest BCUT2D eigenvalue weighted by atomic mass is 10.1. The zero-order valence-corrected chi connectivity index (χ0v) is 18.4. The second-order valence-electron chi connectivity index (χ2n) is 7.56. The molecule has 8 heteroatoms. The molecule has 0 saturated heterocycles. The fourth-order valence-electron chi connectivity index (χ4n) is 2.72. The summed E-state index contributed by atoms with van der Waals surface area (Å²) in [5, 5.41) is 1.40. The van der Waals surface area contributed by atoms with Crippen molar-refractivity contribution in [3.05, 3.63) is 52.3 Å². The van der Waals surface area contributed by atoms with Crippen molar-refractivity contribution in [3.63, 3.8) is 0 Å². The number of benzene rings is 1. The SMILES string of the molecule is CS(=O)c1cc(CCC(=O)OC(C)(C)C)cc(-c2nc(=O)c3ccccc3s2)n1. The van der Waals surface area contributed by atoms with Gasteiger partial charge in [0.2, 0.25) is 0 Å². The molecule has 0 aliphatic carbocycles. The molecular weight excluding hydrogens is 408 g/mol. The lowest BCUT2D eigenvalue weighted by Crippen LogP contribution is -2.24. The first-order valence-corrected chi connectivity index (χ1v) is 11.5. The average Bonchev–Trinajstić information content (AvgIpc) is 2.65. The molecule has 0 saturated carbocycles. The maximum atomic E-state index is 12.4. The van der Waals surface area contributed by atoms with Crippen molar-refractivity contribution >= 4 is 38.2 Å². The normalized spacial score (nSPS) is 12.7. The summed E-state index contributed by atoms with van der Waals surface area (Å²) in [6.07, 6.45) is 2.15. The molecule has 3 aromatic rings. The third kappa shape index (κ3) is 5.55. The van der Waals surface area contributed by atoms with Crippen LogP contribution in [0.15, 0.2) is 46.2 Å². The van der Waals surface area contributed by atoms with E-state index in [4.69, 9.17) is 4.74 Å². The number of carbonyl (C=O) groups excluding carboxylic acids is 1. The summed E-state index contributed by atoms with van der Waals surface area (Å²) < 4.78 is 18.2. The molecule has 0 aliphatic heterocycles. The molecule has 2 aromatic heterocycles. The fourth-order valence-corrected chi connectivity index (χ4v) is 4.22. The summed E-state index contributed by atoms with van der Waals surface area (Å²) >= 11 is 1.35. The van der Waals surface area contributed by atoms with E-state index < -0.39 is 16.4 Å². The Morgan fingerprint density at radius 2 is 1.90 bits per heavy atom. The largest absolute Gasteiger partial charge is 0.460 e. The Morgan fingerprint density at radius 1 is 1.17 bits per heavy atom. The summed E-state index contributed by atoms with van der Waals surface area (Å²) in [5.41, 5.74) is 0.400. The van der Waals surface area contributed by atoms with Gasteiger partial charge in [-0.2, -0.15) is 4.98 Å². The fraction of sp³-hybridized carbons (Fsp3) is 0.333. The first-order chi connectivity index (χ1) is 13.6. The van der Waals surface area contributed by atoms with Crippen LogP contribution in [-0.4, -0.2) is 32.0 Å². The molecule has 0 N–H and O–H groups in total. The molecule has 1 atom stereocenters. The Bertz CT molecular complexity index is 1150. The van der Waals surface area contributed by atoms with Crippen LogP contribution in [0.5, 0.6) is 0 Å². The number of aromatic nitrogens is 2. The lowest BCUT2D eigenvalue weighted by molar-refractivity contribution is -0.154. The second-order valence-corrected chi connectivity index (χ2v) is 9.92. The number of fused-ring (bicyclic) bond motifs is 1. The van der Waals surface area contributed by atoms with Gasteiger partial charge in [-0.15, -0.1) is 11.3 Å². The highest BCUT2D eigenvalue weighted by Crippen LogP contribution is 2.26. The van der Waals surface area contributed by atoms with Gasteiger partial charge in [-0.25, -0.2) is 4.98 Å². The predicted molar refractivity (Wildman–Crippen MR) is 116 cm³/mol. The molecule has 1 unspecified atom stereocenters. The monoisotopic (exact) mass is 430 g/mol. The van der Waals surface area contributed by atoms with Gasteiger partial charge in [-0.05, 0) is 57.0 Å².